The van der Waals surface area contributed by atoms with Crippen LogP contribution < -0.4 is 10.6 Å². The molecule has 0 aliphatic rings. The van der Waals surface area contributed by atoms with Crippen LogP contribution in [0, 0.1) is 0 Å². The predicted octanol–water partition coefficient (Wildman–Crippen LogP) is 3.37. The molecule has 88 valence electrons. The van der Waals surface area contributed by atoms with E-state index in [1.807, 2.05) is 12.1 Å². The summed E-state index contributed by atoms with van der Waals surface area (Å²) in [5.41, 5.74) is 1.05. The zero-order valence-corrected chi connectivity index (χ0v) is 11.3. The maximum Gasteiger partial charge on any atom is 0.166 e. The lowest BCUT2D eigenvalue weighted by molar-refractivity contribution is 0.799. The average Bonchev–Trinajstić information content (AvgIpc) is 2.28. The fraction of sp³-hybridized carbons (Fsp3) is 0.364. The number of benzene rings is 1. The number of hydrogen-bond acceptors (Lipinski definition) is 1. The summed E-state index contributed by atoms with van der Waals surface area (Å²) in [6.07, 6.45) is 1.05. The highest BCUT2D eigenvalue weighted by molar-refractivity contribution is 7.80. The summed E-state index contributed by atoms with van der Waals surface area (Å²) in [5.74, 6) is 0. The van der Waals surface area contributed by atoms with Gasteiger partial charge in [-0.3, -0.25) is 0 Å². The molecule has 0 fully saturated rings. The minimum Gasteiger partial charge on any atom is -0.363 e. The molecule has 0 heterocycles. The van der Waals surface area contributed by atoms with Gasteiger partial charge >= 0.3 is 0 Å². The number of rotatable bonds is 4. The summed E-state index contributed by atoms with van der Waals surface area (Å²) in [4.78, 5) is 0. The lowest BCUT2D eigenvalue weighted by Crippen LogP contribution is -2.35. The van der Waals surface area contributed by atoms with Crippen LogP contribution in [0.3, 0.4) is 0 Å². The largest absolute Gasteiger partial charge is 0.363 e. The Morgan fingerprint density at radius 3 is 2.62 bits per heavy atom. The summed E-state index contributed by atoms with van der Waals surface area (Å²) in [6, 6.07) is 5.53. The van der Waals surface area contributed by atoms with Crippen LogP contribution in [0.1, 0.15) is 18.9 Å². The maximum absolute atomic E-state index is 5.90. The van der Waals surface area contributed by atoms with Crippen LogP contribution in [0.25, 0.3) is 0 Å². The van der Waals surface area contributed by atoms with E-state index in [9.17, 15) is 0 Å². The van der Waals surface area contributed by atoms with Crippen LogP contribution in [0.15, 0.2) is 18.2 Å². The van der Waals surface area contributed by atoms with Crippen molar-refractivity contribution < 1.29 is 0 Å². The first-order valence-electron chi connectivity index (χ1n) is 5.09. The van der Waals surface area contributed by atoms with Gasteiger partial charge in [-0.1, -0.05) is 36.2 Å². The third kappa shape index (κ3) is 4.56. The van der Waals surface area contributed by atoms with Gasteiger partial charge in [0.25, 0.3) is 0 Å². The van der Waals surface area contributed by atoms with E-state index < -0.39 is 0 Å². The summed E-state index contributed by atoms with van der Waals surface area (Å²) in [5, 5.41) is 7.98. The topological polar surface area (TPSA) is 24.1 Å². The summed E-state index contributed by atoms with van der Waals surface area (Å²) in [7, 11) is 0. The van der Waals surface area contributed by atoms with E-state index in [-0.39, 0.29) is 0 Å². The highest BCUT2D eigenvalue weighted by Crippen LogP contribution is 2.22. The maximum atomic E-state index is 5.90. The quantitative estimate of drug-likeness (QED) is 0.825. The molecule has 0 unspecified atom stereocenters. The van der Waals surface area contributed by atoms with Gasteiger partial charge in [-0.2, -0.15) is 0 Å². The molecule has 0 spiro atoms. The zero-order chi connectivity index (χ0) is 12.0. The summed E-state index contributed by atoms with van der Waals surface area (Å²) in [6.45, 7) is 3.62. The van der Waals surface area contributed by atoms with Gasteiger partial charge in [0, 0.05) is 13.1 Å². The Balaban J connectivity index is 2.42. The molecule has 0 aromatic heterocycles. The number of hydrogen-bond donors (Lipinski definition) is 2. The SMILES string of the molecule is CCCNC(=S)NCc1ccc(Cl)c(Cl)c1. The van der Waals surface area contributed by atoms with Gasteiger partial charge in [0.1, 0.15) is 0 Å². The van der Waals surface area contributed by atoms with Crippen LogP contribution in [0.5, 0.6) is 0 Å². The highest BCUT2D eigenvalue weighted by atomic mass is 35.5. The van der Waals surface area contributed by atoms with Gasteiger partial charge in [-0.25, -0.2) is 0 Å². The molecule has 2 nitrogen and oxygen atoms in total. The van der Waals surface area contributed by atoms with Crippen LogP contribution in [-0.2, 0) is 6.54 Å². The second kappa shape index (κ2) is 6.94. The molecule has 5 heteroatoms. The molecule has 0 aliphatic heterocycles. The Morgan fingerprint density at radius 2 is 2.00 bits per heavy atom. The van der Waals surface area contributed by atoms with Crippen LogP contribution >= 0.6 is 35.4 Å². The Bertz CT molecular complexity index is 369. The van der Waals surface area contributed by atoms with E-state index in [2.05, 4.69) is 17.6 Å². The van der Waals surface area contributed by atoms with E-state index in [0.29, 0.717) is 21.7 Å². The third-order valence-electron chi connectivity index (χ3n) is 1.97. The molecule has 1 rings (SSSR count). The van der Waals surface area contributed by atoms with Gasteiger partial charge in [0.05, 0.1) is 10.0 Å². The first-order chi connectivity index (χ1) is 7.63. The molecule has 0 saturated heterocycles. The zero-order valence-electron chi connectivity index (χ0n) is 9.02. The van der Waals surface area contributed by atoms with Gasteiger partial charge in [0.2, 0.25) is 0 Å². The smallest absolute Gasteiger partial charge is 0.166 e. The van der Waals surface area contributed by atoms with E-state index in [4.69, 9.17) is 35.4 Å². The molecule has 0 radical (unpaired) electrons. The normalized spacial score (nSPS) is 9.94. The van der Waals surface area contributed by atoms with Crippen LogP contribution in [-0.4, -0.2) is 11.7 Å². The Labute approximate surface area is 111 Å². The van der Waals surface area contributed by atoms with E-state index in [1.54, 1.807) is 6.07 Å². The minimum absolute atomic E-state index is 0.563. The monoisotopic (exact) mass is 276 g/mol. The van der Waals surface area contributed by atoms with E-state index >= 15 is 0 Å². The molecular formula is C11H14Cl2N2S. The first-order valence-corrected chi connectivity index (χ1v) is 6.25. The second-order valence-electron chi connectivity index (χ2n) is 3.36. The van der Waals surface area contributed by atoms with Crippen molar-refractivity contribution in [3.05, 3.63) is 33.8 Å². The van der Waals surface area contributed by atoms with Crippen molar-refractivity contribution in [3.63, 3.8) is 0 Å². The molecule has 0 aliphatic carbocycles. The average molecular weight is 277 g/mol. The van der Waals surface area contributed by atoms with Crippen molar-refractivity contribution in [3.8, 4) is 0 Å². The Kier molecular flexibility index (Phi) is 5.88. The predicted molar refractivity (Wildman–Crippen MR) is 74.2 cm³/mol. The first kappa shape index (κ1) is 13.6. The van der Waals surface area contributed by atoms with Crippen molar-refractivity contribution in [2.45, 2.75) is 19.9 Å². The Morgan fingerprint density at radius 1 is 1.25 bits per heavy atom. The lowest BCUT2D eigenvalue weighted by Gasteiger charge is -2.10. The minimum atomic E-state index is 0.563. The molecule has 0 atom stereocenters. The number of thiocarbonyl (C=S) groups is 1. The van der Waals surface area contributed by atoms with Gasteiger partial charge in [0.15, 0.2) is 5.11 Å². The molecule has 1 aromatic carbocycles. The standard InChI is InChI=1S/C11H14Cl2N2S/c1-2-5-14-11(16)15-7-8-3-4-9(12)10(13)6-8/h3-4,6H,2,5,7H2,1H3,(H2,14,15,16). The number of halogens is 2. The molecular weight excluding hydrogens is 263 g/mol. The molecule has 2 N–H and O–H groups in total. The fourth-order valence-electron chi connectivity index (χ4n) is 1.13. The molecule has 0 amide bonds. The number of nitrogens with one attached hydrogen (secondary N) is 2. The van der Waals surface area contributed by atoms with Crippen LogP contribution in [0.2, 0.25) is 10.0 Å². The van der Waals surface area contributed by atoms with Crippen molar-refractivity contribution in [2.75, 3.05) is 6.54 Å². The second-order valence-corrected chi connectivity index (χ2v) is 4.58. The van der Waals surface area contributed by atoms with E-state index in [0.717, 1.165) is 18.5 Å². The van der Waals surface area contributed by atoms with E-state index in [1.165, 1.54) is 0 Å². The van der Waals surface area contributed by atoms with Crippen molar-refractivity contribution in [2.24, 2.45) is 0 Å². The Hall–Kier alpha value is -0.510. The molecule has 1 aromatic rings. The summed E-state index contributed by atoms with van der Waals surface area (Å²) >= 11 is 16.8. The van der Waals surface area contributed by atoms with Crippen LogP contribution in [0.4, 0.5) is 0 Å². The molecule has 16 heavy (non-hydrogen) atoms. The van der Waals surface area contributed by atoms with Crippen molar-refractivity contribution >= 4 is 40.5 Å². The summed E-state index contributed by atoms with van der Waals surface area (Å²) < 4.78 is 0. The van der Waals surface area contributed by atoms with Crippen molar-refractivity contribution in [1.82, 2.24) is 10.6 Å². The lowest BCUT2D eigenvalue weighted by atomic mass is 10.2. The highest BCUT2D eigenvalue weighted by Gasteiger charge is 2.00. The van der Waals surface area contributed by atoms with Gasteiger partial charge in [-0.15, -0.1) is 0 Å². The van der Waals surface area contributed by atoms with Crippen molar-refractivity contribution in [1.29, 1.82) is 0 Å². The fourth-order valence-corrected chi connectivity index (χ4v) is 1.63. The molecule has 0 saturated carbocycles. The van der Waals surface area contributed by atoms with Gasteiger partial charge < -0.3 is 10.6 Å². The van der Waals surface area contributed by atoms with Gasteiger partial charge in [-0.05, 0) is 36.3 Å². The molecule has 0 bridgehead atoms. The third-order valence-corrected chi connectivity index (χ3v) is 3.00.